The summed E-state index contributed by atoms with van der Waals surface area (Å²) in [7, 11) is 0. The number of fused-ring (bicyclic) bond motifs is 1. The van der Waals surface area contributed by atoms with Gasteiger partial charge < -0.3 is 18.9 Å². The lowest BCUT2D eigenvalue weighted by Crippen LogP contribution is -2.36. The van der Waals surface area contributed by atoms with E-state index in [4.69, 9.17) is 37.2 Å². The smallest absolute Gasteiger partial charge is 0.410 e. The fourth-order valence-corrected chi connectivity index (χ4v) is 5.68. The molecule has 178 valence electrons. The fourth-order valence-electron chi connectivity index (χ4n) is 5.11. The van der Waals surface area contributed by atoms with Crippen LogP contribution in [0, 0.1) is 11.8 Å². The van der Waals surface area contributed by atoms with Crippen LogP contribution < -0.4 is 0 Å². The molecular weight excluding hydrogens is 463 g/mol. The number of nitrogens with zero attached hydrogens (tertiary/aromatic N) is 2. The SMILES string of the molecule is CC(C)(C)OC(=O)N1CC2CC(OCc3c(-c4c(Cl)cccc4Cl)noc3C3CC3)C[C@H]2C1. The number of carbonyl (C=O) groups is 1. The molecule has 3 fully saturated rings. The van der Waals surface area contributed by atoms with Gasteiger partial charge in [0.2, 0.25) is 0 Å². The third kappa shape index (κ3) is 4.89. The molecule has 6 nitrogen and oxygen atoms in total. The second-order valence-electron chi connectivity index (χ2n) is 10.6. The first-order valence-electron chi connectivity index (χ1n) is 11.7. The monoisotopic (exact) mass is 492 g/mol. The molecule has 3 atom stereocenters. The summed E-state index contributed by atoms with van der Waals surface area (Å²) in [6.45, 7) is 7.59. The first kappa shape index (κ1) is 23.0. The van der Waals surface area contributed by atoms with Gasteiger partial charge in [-0.3, -0.25) is 0 Å². The Morgan fingerprint density at radius 1 is 1.15 bits per heavy atom. The standard InChI is InChI=1S/C25H30Cl2N2O4/c1-25(2,3)32-24(30)29-11-15-9-17(10-16(15)12-29)31-13-18-22(28-33-23(18)14-7-8-14)21-19(26)5-4-6-20(21)27/h4-6,14-17H,7-13H2,1-3H3/t15-,16?,17?/m0/s1. The van der Waals surface area contributed by atoms with Gasteiger partial charge in [0.1, 0.15) is 17.1 Å². The van der Waals surface area contributed by atoms with Gasteiger partial charge in [-0.05, 0) is 70.4 Å². The summed E-state index contributed by atoms with van der Waals surface area (Å²) < 4.78 is 17.7. The van der Waals surface area contributed by atoms with Crippen molar-refractivity contribution in [3.63, 3.8) is 0 Å². The van der Waals surface area contributed by atoms with Crippen molar-refractivity contribution in [1.29, 1.82) is 0 Å². The van der Waals surface area contributed by atoms with Crippen molar-refractivity contribution in [2.45, 2.75) is 70.7 Å². The molecule has 1 amide bonds. The molecule has 0 bridgehead atoms. The van der Waals surface area contributed by atoms with E-state index in [9.17, 15) is 4.79 Å². The van der Waals surface area contributed by atoms with Crippen molar-refractivity contribution in [1.82, 2.24) is 10.1 Å². The number of rotatable bonds is 5. The van der Waals surface area contributed by atoms with Crippen LogP contribution in [0.5, 0.6) is 0 Å². The van der Waals surface area contributed by atoms with Crippen molar-refractivity contribution in [2.24, 2.45) is 11.8 Å². The summed E-state index contributed by atoms with van der Waals surface area (Å²) >= 11 is 12.9. The van der Waals surface area contributed by atoms with Crippen molar-refractivity contribution < 1.29 is 18.8 Å². The number of hydrogen-bond donors (Lipinski definition) is 0. The number of aromatic nitrogens is 1. The largest absolute Gasteiger partial charge is 0.444 e. The Hall–Kier alpha value is -1.76. The Morgan fingerprint density at radius 3 is 2.36 bits per heavy atom. The van der Waals surface area contributed by atoms with Crippen LogP contribution >= 0.6 is 23.2 Å². The number of carbonyl (C=O) groups excluding carboxylic acids is 1. The minimum Gasteiger partial charge on any atom is -0.444 e. The van der Waals surface area contributed by atoms with Crippen LogP contribution in [0.4, 0.5) is 4.79 Å². The molecule has 3 aliphatic rings. The molecule has 2 aliphatic carbocycles. The molecule has 1 aromatic carbocycles. The highest BCUT2D eigenvalue weighted by Crippen LogP contribution is 2.47. The second-order valence-corrected chi connectivity index (χ2v) is 11.4. The summed E-state index contributed by atoms with van der Waals surface area (Å²) in [5.74, 6) is 2.20. The molecule has 5 rings (SSSR count). The number of ether oxygens (including phenoxy) is 2. The van der Waals surface area contributed by atoms with E-state index < -0.39 is 5.60 Å². The Labute approximate surface area is 204 Å². The lowest BCUT2D eigenvalue weighted by atomic mass is 10.0. The zero-order valence-corrected chi connectivity index (χ0v) is 20.8. The first-order chi connectivity index (χ1) is 15.7. The van der Waals surface area contributed by atoms with Crippen LogP contribution in [0.25, 0.3) is 11.3 Å². The lowest BCUT2D eigenvalue weighted by Gasteiger charge is -2.25. The molecule has 1 aliphatic heterocycles. The predicted molar refractivity (Wildman–Crippen MR) is 127 cm³/mol. The summed E-state index contributed by atoms with van der Waals surface area (Å²) in [5.41, 5.74) is 1.87. The van der Waals surface area contributed by atoms with E-state index in [2.05, 4.69) is 5.16 Å². The van der Waals surface area contributed by atoms with Crippen LogP contribution in [-0.2, 0) is 16.1 Å². The summed E-state index contributed by atoms with van der Waals surface area (Å²) in [5, 5.41) is 5.45. The van der Waals surface area contributed by atoms with E-state index in [1.54, 1.807) is 0 Å². The number of benzene rings is 1. The maximum Gasteiger partial charge on any atom is 0.410 e. The predicted octanol–water partition coefficient (Wildman–Crippen LogP) is 6.69. The van der Waals surface area contributed by atoms with Crippen molar-refractivity contribution in [2.75, 3.05) is 13.1 Å². The average Bonchev–Trinajstić information content (AvgIpc) is 3.18. The van der Waals surface area contributed by atoms with Gasteiger partial charge in [-0.25, -0.2) is 4.79 Å². The summed E-state index contributed by atoms with van der Waals surface area (Å²) in [6.07, 6.45) is 4.02. The van der Waals surface area contributed by atoms with Crippen molar-refractivity contribution in [3.05, 3.63) is 39.6 Å². The Bertz CT molecular complexity index is 1010. The number of hydrogen-bond acceptors (Lipinski definition) is 5. The molecular formula is C25H30Cl2N2O4. The summed E-state index contributed by atoms with van der Waals surface area (Å²) in [6, 6.07) is 5.45. The Morgan fingerprint density at radius 2 is 1.79 bits per heavy atom. The molecule has 0 radical (unpaired) electrons. The van der Waals surface area contributed by atoms with Gasteiger partial charge in [-0.2, -0.15) is 0 Å². The van der Waals surface area contributed by atoms with Crippen LogP contribution in [0.3, 0.4) is 0 Å². The Balaban J connectivity index is 1.25. The number of amides is 1. The van der Waals surface area contributed by atoms with Gasteiger partial charge in [0.05, 0.1) is 22.8 Å². The van der Waals surface area contributed by atoms with Gasteiger partial charge in [0.15, 0.2) is 0 Å². The zero-order chi connectivity index (χ0) is 23.3. The minimum absolute atomic E-state index is 0.150. The second kappa shape index (κ2) is 8.79. The Kier molecular flexibility index (Phi) is 6.13. The first-order valence-corrected chi connectivity index (χ1v) is 12.5. The average molecular weight is 493 g/mol. The van der Waals surface area contributed by atoms with Gasteiger partial charge in [-0.15, -0.1) is 0 Å². The molecule has 33 heavy (non-hydrogen) atoms. The maximum atomic E-state index is 12.4. The molecule has 1 saturated heterocycles. The summed E-state index contributed by atoms with van der Waals surface area (Å²) in [4.78, 5) is 14.3. The molecule has 0 N–H and O–H groups in total. The van der Waals surface area contributed by atoms with E-state index in [1.165, 1.54) is 0 Å². The number of likely N-dealkylation sites (tertiary alicyclic amines) is 1. The highest BCUT2D eigenvalue weighted by Gasteiger charge is 2.44. The van der Waals surface area contributed by atoms with Gasteiger partial charge in [0, 0.05) is 30.1 Å². The molecule has 2 heterocycles. The van der Waals surface area contributed by atoms with Crippen LogP contribution in [0.15, 0.2) is 22.7 Å². The fraction of sp³-hybridized carbons (Fsp3) is 0.600. The van der Waals surface area contributed by atoms with Crippen LogP contribution in [-0.4, -0.2) is 40.9 Å². The molecule has 8 heteroatoms. The topological polar surface area (TPSA) is 64.8 Å². The maximum absolute atomic E-state index is 12.4. The van der Waals surface area contributed by atoms with Crippen molar-refractivity contribution in [3.8, 4) is 11.3 Å². The van der Waals surface area contributed by atoms with E-state index in [0.29, 0.717) is 45.7 Å². The molecule has 0 spiro atoms. The molecule has 2 unspecified atom stereocenters. The third-order valence-electron chi connectivity index (χ3n) is 6.79. The minimum atomic E-state index is -0.472. The highest BCUT2D eigenvalue weighted by atomic mass is 35.5. The van der Waals surface area contributed by atoms with Gasteiger partial charge >= 0.3 is 6.09 Å². The van der Waals surface area contributed by atoms with Gasteiger partial charge in [-0.1, -0.05) is 34.4 Å². The van der Waals surface area contributed by atoms with Crippen LogP contribution in [0.2, 0.25) is 10.0 Å². The van der Waals surface area contributed by atoms with E-state index in [1.807, 2.05) is 43.9 Å². The normalized spacial score (nSPS) is 24.9. The van der Waals surface area contributed by atoms with E-state index >= 15 is 0 Å². The highest BCUT2D eigenvalue weighted by molar-refractivity contribution is 6.39. The molecule has 2 saturated carbocycles. The zero-order valence-electron chi connectivity index (χ0n) is 19.3. The quantitative estimate of drug-likeness (QED) is 0.465. The number of halogens is 2. The molecule has 2 aromatic rings. The third-order valence-corrected chi connectivity index (χ3v) is 7.42. The van der Waals surface area contributed by atoms with Crippen LogP contribution in [0.1, 0.15) is 63.7 Å². The van der Waals surface area contributed by atoms with E-state index in [-0.39, 0.29) is 12.2 Å². The lowest BCUT2D eigenvalue weighted by molar-refractivity contribution is 0.0203. The molecule has 1 aromatic heterocycles. The van der Waals surface area contributed by atoms with Crippen molar-refractivity contribution >= 4 is 29.3 Å². The van der Waals surface area contributed by atoms with E-state index in [0.717, 1.165) is 50.1 Å². The van der Waals surface area contributed by atoms with Gasteiger partial charge in [0.25, 0.3) is 0 Å².